The van der Waals surface area contributed by atoms with Gasteiger partial charge in [-0.1, -0.05) is 25.4 Å². The number of carbonyl (C=O) groups is 1. The van der Waals surface area contributed by atoms with Crippen LogP contribution < -0.4 is 14.5 Å². The van der Waals surface area contributed by atoms with E-state index in [0.29, 0.717) is 22.2 Å². The van der Waals surface area contributed by atoms with Gasteiger partial charge in [0.05, 0.1) is 29.7 Å². The number of fused-ring (bicyclic) bond motifs is 1. The number of hydrogen-bond acceptors (Lipinski definition) is 4. The lowest BCUT2D eigenvalue weighted by molar-refractivity contribution is 0.0983. The van der Waals surface area contributed by atoms with Gasteiger partial charge in [0.2, 0.25) is 5.88 Å². The Morgan fingerprint density at radius 3 is 2.44 bits per heavy atom. The van der Waals surface area contributed by atoms with Crippen molar-refractivity contribution in [3.05, 3.63) is 75.7 Å². The molecule has 32 heavy (non-hydrogen) atoms. The average molecular weight is 454 g/mol. The molecule has 1 aliphatic heterocycles. The molecule has 0 bridgehead atoms. The minimum atomic E-state index is -0.287. The Balaban J connectivity index is 1.93. The second-order valence-electron chi connectivity index (χ2n) is 8.24. The molecule has 0 spiro atoms. The Morgan fingerprint density at radius 1 is 1.06 bits per heavy atom. The van der Waals surface area contributed by atoms with Gasteiger partial charge in [0.25, 0.3) is 5.91 Å². The van der Waals surface area contributed by atoms with Gasteiger partial charge in [-0.3, -0.25) is 9.69 Å². The maximum Gasteiger partial charge on any atom is 0.262 e. The fraction of sp³-hybridized carbons (Fsp3) is 0.280. The zero-order valence-corrected chi connectivity index (χ0v) is 19.5. The summed E-state index contributed by atoms with van der Waals surface area (Å²) in [5.74, 6) is 0.137. The Morgan fingerprint density at radius 2 is 1.78 bits per heavy atom. The van der Waals surface area contributed by atoms with E-state index < -0.39 is 0 Å². The summed E-state index contributed by atoms with van der Waals surface area (Å²) < 4.78 is 19.4. The minimum Gasteiger partial charge on any atom is -0.481 e. The smallest absolute Gasteiger partial charge is 0.262 e. The molecule has 0 aliphatic carbocycles. The van der Waals surface area contributed by atoms with E-state index in [-0.39, 0.29) is 24.3 Å². The molecule has 0 radical (unpaired) electrons. The maximum absolute atomic E-state index is 14.1. The average Bonchev–Trinajstić information content (AvgIpc) is 2.75. The molecule has 2 aromatic carbocycles. The van der Waals surface area contributed by atoms with E-state index in [1.54, 1.807) is 36.3 Å². The summed E-state index contributed by atoms with van der Waals surface area (Å²) in [6, 6.07) is 11.9. The van der Waals surface area contributed by atoms with E-state index >= 15 is 0 Å². The second-order valence-corrected chi connectivity index (χ2v) is 8.67. The van der Waals surface area contributed by atoms with Crippen LogP contribution in [0, 0.1) is 19.7 Å². The lowest BCUT2D eigenvalue weighted by atomic mass is 9.98. The molecule has 1 aliphatic rings. The molecule has 5 nitrogen and oxygen atoms in total. The molecule has 0 saturated heterocycles. The van der Waals surface area contributed by atoms with Crippen molar-refractivity contribution >= 4 is 34.6 Å². The standard InChI is InChI=1S/C25H25ClFN3O2/c1-14(2)19-12-18(27)7-9-21(19)29-13-30(24-15(3)10-23(32-5)28-16(24)4)25(31)20-11-17(26)6-8-22(20)29/h6-12,14H,13H2,1-5H3. The quantitative estimate of drug-likeness (QED) is 0.460. The Hall–Kier alpha value is -3.12. The van der Waals surface area contributed by atoms with Crippen LogP contribution in [0.25, 0.3) is 0 Å². The lowest BCUT2D eigenvalue weighted by Gasteiger charge is -2.40. The minimum absolute atomic E-state index is 0.0913. The van der Waals surface area contributed by atoms with Crippen molar-refractivity contribution in [3.8, 4) is 5.88 Å². The number of anilines is 3. The predicted octanol–water partition coefficient (Wildman–Crippen LogP) is 6.38. The van der Waals surface area contributed by atoms with Crippen molar-refractivity contribution in [1.82, 2.24) is 4.98 Å². The fourth-order valence-electron chi connectivity index (χ4n) is 4.26. The van der Waals surface area contributed by atoms with Crippen LogP contribution >= 0.6 is 11.6 Å². The number of aromatic nitrogens is 1. The SMILES string of the molecule is COc1cc(C)c(N2CN(c3ccc(F)cc3C(C)C)c3ccc(Cl)cc3C2=O)c(C)n1. The van der Waals surface area contributed by atoms with Crippen molar-refractivity contribution in [3.63, 3.8) is 0 Å². The van der Waals surface area contributed by atoms with Crippen molar-refractivity contribution in [2.75, 3.05) is 23.6 Å². The first-order valence-electron chi connectivity index (χ1n) is 10.4. The monoisotopic (exact) mass is 453 g/mol. The number of hydrogen-bond donors (Lipinski definition) is 0. The van der Waals surface area contributed by atoms with Gasteiger partial charge in [0, 0.05) is 16.8 Å². The van der Waals surface area contributed by atoms with E-state index in [1.807, 2.05) is 44.7 Å². The van der Waals surface area contributed by atoms with E-state index in [2.05, 4.69) is 4.98 Å². The number of aryl methyl sites for hydroxylation is 2. The summed E-state index contributed by atoms with van der Waals surface area (Å²) in [6.45, 7) is 8.09. The highest BCUT2D eigenvalue weighted by molar-refractivity contribution is 6.31. The number of nitrogens with zero attached hydrogens (tertiary/aromatic N) is 3. The van der Waals surface area contributed by atoms with Crippen LogP contribution in [0.15, 0.2) is 42.5 Å². The van der Waals surface area contributed by atoms with Gasteiger partial charge in [-0.05, 0) is 67.3 Å². The zero-order valence-electron chi connectivity index (χ0n) is 18.7. The van der Waals surface area contributed by atoms with Crippen molar-refractivity contribution in [1.29, 1.82) is 0 Å². The number of amides is 1. The number of ether oxygens (including phenoxy) is 1. The highest BCUT2D eigenvalue weighted by Crippen LogP contribution is 2.41. The summed E-state index contributed by atoms with van der Waals surface area (Å²) >= 11 is 6.27. The van der Waals surface area contributed by atoms with Crippen LogP contribution in [-0.2, 0) is 0 Å². The molecule has 1 aromatic heterocycles. The van der Waals surface area contributed by atoms with Crippen LogP contribution in [0.2, 0.25) is 5.02 Å². The molecule has 0 atom stereocenters. The third-order valence-corrected chi connectivity index (χ3v) is 5.96. The topological polar surface area (TPSA) is 45.7 Å². The van der Waals surface area contributed by atoms with Gasteiger partial charge in [-0.15, -0.1) is 0 Å². The van der Waals surface area contributed by atoms with Gasteiger partial charge in [0.1, 0.15) is 12.5 Å². The van der Waals surface area contributed by atoms with E-state index in [0.717, 1.165) is 28.2 Å². The van der Waals surface area contributed by atoms with Gasteiger partial charge < -0.3 is 9.64 Å². The van der Waals surface area contributed by atoms with Crippen molar-refractivity contribution in [2.24, 2.45) is 0 Å². The highest BCUT2D eigenvalue weighted by atomic mass is 35.5. The second kappa shape index (κ2) is 8.43. The molecular weight excluding hydrogens is 429 g/mol. The molecule has 1 amide bonds. The van der Waals surface area contributed by atoms with E-state index in [1.165, 1.54) is 6.07 Å². The number of rotatable bonds is 4. The number of benzene rings is 2. The molecule has 0 N–H and O–H groups in total. The number of carbonyl (C=O) groups excluding carboxylic acids is 1. The Kier molecular flexibility index (Phi) is 5.82. The maximum atomic E-state index is 14.1. The number of methoxy groups -OCH3 is 1. The van der Waals surface area contributed by atoms with Gasteiger partial charge in [-0.25, -0.2) is 9.37 Å². The fourth-order valence-corrected chi connectivity index (χ4v) is 4.43. The van der Waals surface area contributed by atoms with E-state index in [9.17, 15) is 9.18 Å². The molecule has 0 fully saturated rings. The largest absolute Gasteiger partial charge is 0.481 e. The highest BCUT2D eigenvalue weighted by Gasteiger charge is 2.34. The molecule has 166 valence electrons. The van der Waals surface area contributed by atoms with Crippen LogP contribution in [0.3, 0.4) is 0 Å². The van der Waals surface area contributed by atoms with Crippen LogP contribution in [-0.4, -0.2) is 24.7 Å². The summed E-state index contributed by atoms with van der Waals surface area (Å²) in [4.78, 5) is 21.8. The van der Waals surface area contributed by atoms with E-state index in [4.69, 9.17) is 16.3 Å². The zero-order chi connectivity index (χ0) is 23.2. The normalized spacial score (nSPS) is 13.6. The third kappa shape index (κ3) is 3.79. The van der Waals surface area contributed by atoms with Gasteiger partial charge in [0.15, 0.2) is 0 Å². The molecule has 2 heterocycles. The number of pyridine rings is 1. The molecule has 0 saturated carbocycles. The third-order valence-electron chi connectivity index (χ3n) is 5.72. The molecular formula is C25H25ClFN3O2. The lowest BCUT2D eigenvalue weighted by Crippen LogP contribution is -2.46. The van der Waals surface area contributed by atoms with Crippen molar-refractivity contribution in [2.45, 2.75) is 33.6 Å². The molecule has 0 unspecified atom stereocenters. The summed E-state index contributed by atoms with van der Waals surface area (Å²) in [7, 11) is 1.56. The first kappa shape index (κ1) is 22.1. The first-order chi connectivity index (χ1) is 15.2. The Labute approximate surface area is 192 Å². The number of halogens is 2. The summed E-state index contributed by atoms with van der Waals surface area (Å²) in [5.41, 5.74) is 5.21. The van der Waals surface area contributed by atoms with Crippen LogP contribution in [0.5, 0.6) is 5.88 Å². The van der Waals surface area contributed by atoms with Gasteiger partial charge in [-0.2, -0.15) is 0 Å². The van der Waals surface area contributed by atoms with Crippen molar-refractivity contribution < 1.29 is 13.9 Å². The van der Waals surface area contributed by atoms with Crippen LogP contribution in [0.1, 0.15) is 46.9 Å². The Bertz CT molecular complexity index is 1190. The summed E-state index contributed by atoms with van der Waals surface area (Å²) in [5, 5.41) is 0.475. The first-order valence-corrected chi connectivity index (χ1v) is 10.8. The molecule has 7 heteroatoms. The summed E-state index contributed by atoms with van der Waals surface area (Å²) in [6.07, 6.45) is 0. The van der Waals surface area contributed by atoms with Gasteiger partial charge >= 0.3 is 0 Å². The predicted molar refractivity (Wildman–Crippen MR) is 126 cm³/mol. The molecule has 4 rings (SSSR count). The van der Waals surface area contributed by atoms with Crippen LogP contribution in [0.4, 0.5) is 21.5 Å². The molecule has 3 aromatic rings.